The summed E-state index contributed by atoms with van der Waals surface area (Å²) < 4.78 is 0. The minimum Gasteiger partial charge on any atom is -0.396 e. The Bertz CT molecular complexity index is 568. The van der Waals surface area contributed by atoms with Crippen LogP contribution in [-0.4, -0.2) is 77.3 Å². The Morgan fingerprint density at radius 3 is 2.52 bits per heavy atom. The van der Waals surface area contributed by atoms with E-state index in [1.165, 1.54) is 11.8 Å². The standard InChI is InChI=1S/C17H29N5O2S/c1-25-17-19-15(18)6-16(20-17)22-8-13(14(9-22)11-24)7-21-4-2-12(10-23)3-5-21/h6,12-14,23-24H,2-5,7-11H2,1H3,(H2,18,19,20)/t13-,14-/m1/s1. The number of hydrogen-bond donors (Lipinski definition) is 3. The lowest BCUT2D eigenvalue weighted by molar-refractivity contribution is 0.106. The van der Waals surface area contributed by atoms with Gasteiger partial charge in [0.15, 0.2) is 5.16 Å². The zero-order valence-corrected chi connectivity index (χ0v) is 15.7. The average molecular weight is 368 g/mol. The molecule has 0 amide bonds. The summed E-state index contributed by atoms with van der Waals surface area (Å²) in [6, 6.07) is 1.82. The van der Waals surface area contributed by atoms with Crippen molar-refractivity contribution >= 4 is 23.4 Å². The van der Waals surface area contributed by atoms with Gasteiger partial charge >= 0.3 is 0 Å². The molecule has 2 saturated heterocycles. The molecule has 0 aromatic carbocycles. The molecule has 1 aromatic heterocycles. The molecule has 0 bridgehead atoms. The Hall–Kier alpha value is -1.09. The molecule has 3 rings (SSSR count). The first kappa shape index (κ1) is 18.7. The number of aliphatic hydroxyl groups excluding tert-OH is 2. The van der Waals surface area contributed by atoms with Crippen LogP contribution in [0.4, 0.5) is 11.6 Å². The summed E-state index contributed by atoms with van der Waals surface area (Å²) in [6.07, 6.45) is 4.07. The van der Waals surface area contributed by atoms with Crippen LogP contribution in [0.25, 0.3) is 0 Å². The molecular weight excluding hydrogens is 338 g/mol. The van der Waals surface area contributed by atoms with Crippen molar-refractivity contribution in [1.82, 2.24) is 14.9 Å². The fourth-order valence-corrected chi connectivity index (χ4v) is 4.29. The summed E-state index contributed by atoms with van der Waals surface area (Å²) in [4.78, 5) is 13.5. The zero-order chi connectivity index (χ0) is 17.8. The van der Waals surface area contributed by atoms with Crippen molar-refractivity contribution in [3.8, 4) is 0 Å². The van der Waals surface area contributed by atoms with Crippen molar-refractivity contribution in [3.05, 3.63) is 6.07 Å². The number of anilines is 2. The lowest BCUT2D eigenvalue weighted by Crippen LogP contribution is -2.40. The predicted octanol–water partition coefficient (Wildman–Crippen LogP) is 0.530. The number of hydrogen-bond acceptors (Lipinski definition) is 8. The summed E-state index contributed by atoms with van der Waals surface area (Å²) >= 11 is 1.49. The highest BCUT2D eigenvalue weighted by atomic mass is 32.2. The normalized spacial score (nSPS) is 25.6. The van der Waals surface area contributed by atoms with Crippen molar-refractivity contribution in [3.63, 3.8) is 0 Å². The first-order valence-electron chi connectivity index (χ1n) is 9.00. The highest BCUT2D eigenvalue weighted by Crippen LogP contribution is 2.30. The Morgan fingerprint density at radius 1 is 1.16 bits per heavy atom. The molecule has 0 saturated carbocycles. The van der Waals surface area contributed by atoms with Crippen LogP contribution >= 0.6 is 11.8 Å². The van der Waals surface area contributed by atoms with Gasteiger partial charge in [0.1, 0.15) is 11.6 Å². The van der Waals surface area contributed by atoms with Crippen LogP contribution in [0.2, 0.25) is 0 Å². The third kappa shape index (κ3) is 4.55. The van der Waals surface area contributed by atoms with E-state index in [9.17, 15) is 10.2 Å². The fourth-order valence-electron chi connectivity index (χ4n) is 3.91. The van der Waals surface area contributed by atoms with Gasteiger partial charge in [0.2, 0.25) is 0 Å². The van der Waals surface area contributed by atoms with Crippen LogP contribution in [0.1, 0.15) is 12.8 Å². The number of nitrogen functional groups attached to an aromatic ring is 1. The van der Waals surface area contributed by atoms with E-state index < -0.39 is 0 Å². The first-order valence-corrected chi connectivity index (χ1v) is 10.2. The van der Waals surface area contributed by atoms with Gasteiger partial charge in [0.25, 0.3) is 0 Å². The lowest BCUT2D eigenvalue weighted by Gasteiger charge is -2.33. The number of nitrogens with zero attached hydrogens (tertiary/aromatic N) is 4. The van der Waals surface area contributed by atoms with E-state index in [0.29, 0.717) is 29.4 Å². The van der Waals surface area contributed by atoms with Gasteiger partial charge in [-0.25, -0.2) is 9.97 Å². The van der Waals surface area contributed by atoms with Gasteiger partial charge in [-0.15, -0.1) is 0 Å². The van der Waals surface area contributed by atoms with Crippen molar-refractivity contribution < 1.29 is 10.2 Å². The number of thioether (sulfide) groups is 1. The lowest BCUT2D eigenvalue weighted by atomic mass is 9.93. The average Bonchev–Trinajstić information content (AvgIpc) is 3.04. The van der Waals surface area contributed by atoms with Crippen LogP contribution in [-0.2, 0) is 0 Å². The Balaban J connectivity index is 1.63. The maximum atomic E-state index is 9.83. The van der Waals surface area contributed by atoms with Crippen molar-refractivity contribution in [1.29, 1.82) is 0 Å². The Morgan fingerprint density at radius 2 is 1.88 bits per heavy atom. The van der Waals surface area contributed by atoms with E-state index in [1.807, 2.05) is 12.3 Å². The van der Waals surface area contributed by atoms with Gasteiger partial charge in [-0.3, -0.25) is 0 Å². The molecule has 0 aliphatic carbocycles. The Kier molecular flexibility index (Phi) is 6.38. The van der Waals surface area contributed by atoms with Crippen molar-refractivity contribution in [2.24, 2.45) is 17.8 Å². The molecule has 8 heteroatoms. The van der Waals surface area contributed by atoms with Gasteiger partial charge in [-0.2, -0.15) is 0 Å². The smallest absolute Gasteiger partial charge is 0.191 e. The minimum absolute atomic E-state index is 0.199. The molecule has 25 heavy (non-hydrogen) atoms. The molecule has 3 heterocycles. The van der Waals surface area contributed by atoms with Gasteiger partial charge in [0, 0.05) is 44.8 Å². The SMILES string of the molecule is CSc1nc(N)cc(N2C[C@@H](CN3CCC(CO)CC3)[C@@H](CO)C2)n1. The molecule has 140 valence electrons. The third-order valence-electron chi connectivity index (χ3n) is 5.49. The topological polar surface area (TPSA) is 98.7 Å². The predicted molar refractivity (Wildman–Crippen MR) is 101 cm³/mol. The van der Waals surface area contributed by atoms with Crippen LogP contribution in [0.3, 0.4) is 0 Å². The fraction of sp³-hybridized carbons (Fsp3) is 0.765. The van der Waals surface area contributed by atoms with E-state index in [-0.39, 0.29) is 12.5 Å². The molecule has 2 aliphatic rings. The maximum absolute atomic E-state index is 9.83. The van der Waals surface area contributed by atoms with Crippen LogP contribution in [0.15, 0.2) is 11.2 Å². The highest BCUT2D eigenvalue weighted by Gasteiger charge is 2.35. The quantitative estimate of drug-likeness (QED) is 0.495. The molecule has 0 unspecified atom stereocenters. The summed E-state index contributed by atoms with van der Waals surface area (Å²) in [7, 11) is 0. The van der Waals surface area contributed by atoms with E-state index in [1.54, 1.807) is 0 Å². The molecule has 2 atom stereocenters. The van der Waals surface area contributed by atoms with Crippen molar-refractivity contribution in [2.45, 2.75) is 18.0 Å². The second kappa shape index (κ2) is 8.53. The molecule has 1 aromatic rings. The van der Waals surface area contributed by atoms with E-state index in [0.717, 1.165) is 51.4 Å². The van der Waals surface area contributed by atoms with Crippen molar-refractivity contribution in [2.75, 3.05) is 62.8 Å². The summed E-state index contributed by atoms with van der Waals surface area (Å²) in [5.41, 5.74) is 5.91. The molecule has 7 nitrogen and oxygen atoms in total. The summed E-state index contributed by atoms with van der Waals surface area (Å²) in [5.74, 6) is 2.48. The van der Waals surface area contributed by atoms with Gasteiger partial charge in [0.05, 0.1) is 0 Å². The number of aromatic nitrogens is 2. The largest absolute Gasteiger partial charge is 0.396 e. The monoisotopic (exact) mass is 367 g/mol. The van der Waals surface area contributed by atoms with Crippen LogP contribution < -0.4 is 10.6 Å². The number of rotatable bonds is 6. The molecule has 2 fully saturated rings. The maximum Gasteiger partial charge on any atom is 0.191 e. The Labute approximate surface area is 153 Å². The molecule has 0 spiro atoms. The van der Waals surface area contributed by atoms with Gasteiger partial charge < -0.3 is 25.7 Å². The van der Waals surface area contributed by atoms with Gasteiger partial charge in [-0.1, -0.05) is 11.8 Å². The van der Waals surface area contributed by atoms with E-state index >= 15 is 0 Å². The minimum atomic E-state index is 0.199. The molecule has 2 aliphatic heterocycles. The van der Waals surface area contributed by atoms with Crippen LogP contribution in [0, 0.1) is 17.8 Å². The summed E-state index contributed by atoms with van der Waals surface area (Å²) in [6.45, 7) is 5.26. The molecule has 4 N–H and O–H groups in total. The number of nitrogens with two attached hydrogens (primary N) is 1. The number of aliphatic hydroxyl groups is 2. The third-order valence-corrected chi connectivity index (χ3v) is 6.04. The second-order valence-electron chi connectivity index (χ2n) is 7.17. The molecule has 0 radical (unpaired) electrons. The van der Waals surface area contributed by atoms with Gasteiger partial charge in [-0.05, 0) is 44.0 Å². The van der Waals surface area contributed by atoms with Crippen LogP contribution in [0.5, 0.6) is 0 Å². The van der Waals surface area contributed by atoms with E-state index in [2.05, 4.69) is 19.8 Å². The first-order chi connectivity index (χ1) is 12.1. The second-order valence-corrected chi connectivity index (χ2v) is 7.95. The highest BCUT2D eigenvalue weighted by molar-refractivity contribution is 7.98. The zero-order valence-electron chi connectivity index (χ0n) is 14.8. The number of piperidine rings is 1. The summed E-state index contributed by atoms with van der Waals surface area (Å²) in [5, 5.41) is 19.8. The number of likely N-dealkylation sites (tertiary alicyclic amines) is 1. The van der Waals surface area contributed by atoms with E-state index in [4.69, 9.17) is 5.73 Å². The molecular formula is C17H29N5O2S.